The maximum absolute atomic E-state index is 8.90. The van der Waals surface area contributed by atoms with Crippen LogP contribution in [0.4, 0.5) is 11.4 Å². The molecule has 96 valence electrons. The minimum absolute atomic E-state index is 0.643. The monoisotopic (exact) mass is 253 g/mol. The van der Waals surface area contributed by atoms with Crippen molar-refractivity contribution in [3.8, 4) is 6.07 Å². The molecule has 0 radical (unpaired) electrons. The topological polar surface area (TPSA) is 78.0 Å². The van der Waals surface area contributed by atoms with Crippen molar-refractivity contribution in [2.45, 2.75) is 6.54 Å². The van der Waals surface area contributed by atoms with Gasteiger partial charge < -0.3 is 10.3 Å². The molecule has 19 heavy (non-hydrogen) atoms. The van der Waals surface area contributed by atoms with Gasteiger partial charge in [-0.2, -0.15) is 5.26 Å². The number of hydrogen-bond acceptors (Lipinski definition) is 5. The minimum atomic E-state index is 0.643. The molecule has 1 aromatic heterocycles. The quantitative estimate of drug-likeness (QED) is 0.642. The molecule has 0 aliphatic heterocycles. The lowest BCUT2D eigenvalue weighted by Gasteiger charge is -2.19. The lowest BCUT2D eigenvalue weighted by molar-refractivity contribution is 0.885. The zero-order valence-corrected chi connectivity index (χ0v) is 10.7. The van der Waals surface area contributed by atoms with Gasteiger partial charge in [-0.05, 0) is 30.3 Å². The van der Waals surface area contributed by atoms with Crippen LogP contribution in [0, 0.1) is 11.3 Å². The zero-order chi connectivity index (χ0) is 13.7. The van der Waals surface area contributed by atoms with Gasteiger partial charge in [0.1, 0.15) is 0 Å². The van der Waals surface area contributed by atoms with Crippen LogP contribution in [0.15, 0.2) is 42.6 Å². The fourth-order valence-corrected chi connectivity index (χ4v) is 1.80. The Labute approximate surface area is 112 Å². The number of nitrogen functional groups attached to an aromatic ring is 1. The lowest BCUT2D eigenvalue weighted by Crippen LogP contribution is -2.17. The van der Waals surface area contributed by atoms with Gasteiger partial charge in [-0.25, -0.2) is 0 Å². The number of hydrogen-bond donors (Lipinski definition) is 2. The van der Waals surface area contributed by atoms with Crippen LogP contribution in [-0.4, -0.2) is 12.0 Å². The summed E-state index contributed by atoms with van der Waals surface area (Å²) < 4.78 is 0. The number of nitriles is 1. The van der Waals surface area contributed by atoms with E-state index in [1.165, 1.54) is 0 Å². The predicted molar refractivity (Wildman–Crippen MR) is 75.3 cm³/mol. The van der Waals surface area contributed by atoms with Crippen molar-refractivity contribution in [1.82, 2.24) is 4.98 Å². The Hall–Kier alpha value is -2.58. The van der Waals surface area contributed by atoms with E-state index in [1.54, 1.807) is 18.3 Å². The standard InChI is InChI=1S/C14H15N5/c1-19(14-4-2-3-11(7-14)9-15)10-13-8-12(18-16)5-6-17-13/h2-8H,10,16H2,1H3,(H,17,18). The third kappa shape index (κ3) is 3.21. The zero-order valence-electron chi connectivity index (χ0n) is 10.7. The molecule has 0 saturated heterocycles. The molecule has 0 aliphatic carbocycles. The summed E-state index contributed by atoms with van der Waals surface area (Å²) in [6.45, 7) is 0.643. The number of hydrazine groups is 1. The van der Waals surface area contributed by atoms with Gasteiger partial charge in [-0.3, -0.25) is 10.8 Å². The second kappa shape index (κ2) is 5.85. The second-order valence-corrected chi connectivity index (χ2v) is 4.20. The Kier molecular flexibility index (Phi) is 3.96. The minimum Gasteiger partial charge on any atom is -0.369 e. The highest BCUT2D eigenvalue weighted by Crippen LogP contribution is 2.17. The summed E-state index contributed by atoms with van der Waals surface area (Å²) in [5.74, 6) is 5.37. The van der Waals surface area contributed by atoms with E-state index in [1.807, 2.05) is 36.2 Å². The van der Waals surface area contributed by atoms with Gasteiger partial charge in [0.15, 0.2) is 0 Å². The van der Waals surface area contributed by atoms with E-state index < -0.39 is 0 Å². The molecule has 1 heterocycles. The normalized spacial score (nSPS) is 9.74. The van der Waals surface area contributed by atoms with Gasteiger partial charge in [0.2, 0.25) is 0 Å². The molecule has 0 amide bonds. The Morgan fingerprint density at radius 2 is 2.21 bits per heavy atom. The fraction of sp³-hybridized carbons (Fsp3) is 0.143. The van der Waals surface area contributed by atoms with Crippen LogP contribution in [0.3, 0.4) is 0 Å². The van der Waals surface area contributed by atoms with E-state index in [-0.39, 0.29) is 0 Å². The Morgan fingerprint density at radius 3 is 2.95 bits per heavy atom. The molecule has 0 unspecified atom stereocenters. The SMILES string of the molecule is CN(Cc1cc(NN)ccn1)c1cccc(C#N)c1. The van der Waals surface area contributed by atoms with Crippen LogP contribution in [0.1, 0.15) is 11.3 Å². The van der Waals surface area contributed by atoms with E-state index >= 15 is 0 Å². The Bertz CT molecular complexity index is 603. The molecule has 0 bridgehead atoms. The van der Waals surface area contributed by atoms with E-state index in [4.69, 9.17) is 11.1 Å². The molecular formula is C14H15N5. The highest BCUT2D eigenvalue weighted by molar-refractivity contribution is 5.51. The third-order valence-electron chi connectivity index (χ3n) is 2.80. The average Bonchev–Trinajstić information content (AvgIpc) is 2.47. The number of nitrogens with two attached hydrogens (primary N) is 1. The Morgan fingerprint density at radius 1 is 1.37 bits per heavy atom. The first-order valence-corrected chi connectivity index (χ1v) is 5.86. The highest BCUT2D eigenvalue weighted by Gasteiger charge is 2.04. The van der Waals surface area contributed by atoms with Gasteiger partial charge in [-0.15, -0.1) is 0 Å². The maximum Gasteiger partial charge on any atom is 0.0992 e. The number of rotatable bonds is 4. The largest absolute Gasteiger partial charge is 0.369 e. The average molecular weight is 253 g/mol. The number of nitrogens with zero attached hydrogens (tertiary/aromatic N) is 3. The maximum atomic E-state index is 8.90. The third-order valence-corrected chi connectivity index (χ3v) is 2.80. The van der Waals surface area contributed by atoms with Crippen molar-refractivity contribution in [3.05, 3.63) is 53.9 Å². The molecule has 0 fully saturated rings. The van der Waals surface area contributed by atoms with Crippen LogP contribution in [0.5, 0.6) is 0 Å². The van der Waals surface area contributed by atoms with Gasteiger partial charge in [0.05, 0.1) is 29.6 Å². The van der Waals surface area contributed by atoms with Crippen LogP contribution in [-0.2, 0) is 6.54 Å². The first-order valence-electron chi connectivity index (χ1n) is 5.86. The molecule has 0 atom stereocenters. The molecule has 2 aromatic rings. The summed E-state index contributed by atoms with van der Waals surface area (Å²) in [7, 11) is 1.96. The molecule has 5 heteroatoms. The van der Waals surface area contributed by atoms with Crippen molar-refractivity contribution in [2.75, 3.05) is 17.4 Å². The van der Waals surface area contributed by atoms with Crippen LogP contribution < -0.4 is 16.2 Å². The highest BCUT2D eigenvalue weighted by atomic mass is 15.2. The lowest BCUT2D eigenvalue weighted by atomic mass is 10.2. The molecule has 2 rings (SSSR count). The first kappa shape index (κ1) is 12.9. The molecule has 0 aliphatic rings. The predicted octanol–water partition coefficient (Wildman–Crippen LogP) is 1.88. The Balaban J connectivity index is 2.15. The van der Waals surface area contributed by atoms with Crippen LogP contribution >= 0.6 is 0 Å². The van der Waals surface area contributed by atoms with Gasteiger partial charge in [-0.1, -0.05) is 6.07 Å². The van der Waals surface area contributed by atoms with Gasteiger partial charge >= 0.3 is 0 Å². The summed E-state index contributed by atoms with van der Waals surface area (Å²) in [5.41, 5.74) is 5.95. The van der Waals surface area contributed by atoms with Crippen molar-refractivity contribution in [1.29, 1.82) is 5.26 Å². The second-order valence-electron chi connectivity index (χ2n) is 4.20. The van der Waals surface area contributed by atoms with E-state index in [0.717, 1.165) is 17.1 Å². The molecule has 3 N–H and O–H groups in total. The van der Waals surface area contributed by atoms with Crippen molar-refractivity contribution < 1.29 is 0 Å². The number of benzene rings is 1. The van der Waals surface area contributed by atoms with E-state index in [2.05, 4.69) is 16.5 Å². The summed E-state index contributed by atoms with van der Waals surface area (Å²) >= 11 is 0. The molecule has 1 aromatic carbocycles. The number of nitrogens with one attached hydrogen (secondary N) is 1. The van der Waals surface area contributed by atoms with Gasteiger partial charge in [0.25, 0.3) is 0 Å². The number of anilines is 2. The van der Waals surface area contributed by atoms with Crippen LogP contribution in [0.25, 0.3) is 0 Å². The number of aromatic nitrogens is 1. The fourth-order valence-electron chi connectivity index (χ4n) is 1.80. The summed E-state index contributed by atoms with van der Waals surface area (Å²) in [6, 6.07) is 13.3. The smallest absolute Gasteiger partial charge is 0.0992 e. The molecule has 0 saturated carbocycles. The molecular weight excluding hydrogens is 238 g/mol. The van der Waals surface area contributed by atoms with Crippen LogP contribution in [0.2, 0.25) is 0 Å². The van der Waals surface area contributed by atoms with E-state index in [0.29, 0.717) is 12.1 Å². The molecule has 5 nitrogen and oxygen atoms in total. The summed E-state index contributed by atoms with van der Waals surface area (Å²) in [6.07, 6.45) is 1.71. The first-order chi connectivity index (χ1) is 9.22. The molecule has 0 spiro atoms. The van der Waals surface area contributed by atoms with Gasteiger partial charge in [0, 0.05) is 18.9 Å². The van der Waals surface area contributed by atoms with Crippen molar-refractivity contribution >= 4 is 11.4 Å². The van der Waals surface area contributed by atoms with E-state index in [9.17, 15) is 0 Å². The van der Waals surface area contributed by atoms with Crippen molar-refractivity contribution in [3.63, 3.8) is 0 Å². The van der Waals surface area contributed by atoms with Crippen molar-refractivity contribution in [2.24, 2.45) is 5.84 Å². The summed E-state index contributed by atoms with van der Waals surface area (Å²) in [4.78, 5) is 6.32. The summed E-state index contributed by atoms with van der Waals surface area (Å²) in [5, 5.41) is 8.90. The number of pyridine rings is 1.